The summed E-state index contributed by atoms with van der Waals surface area (Å²) in [5.74, 6) is 0.508. The second-order valence-corrected chi connectivity index (χ2v) is 8.10. The molecule has 2 aliphatic heterocycles. The van der Waals surface area contributed by atoms with Gasteiger partial charge in [0.05, 0.1) is 29.8 Å². The number of rotatable bonds is 3. The molecule has 6 heteroatoms. The van der Waals surface area contributed by atoms with Crippen molar-refractivity contribution in [3.8, 4) is 0 Å². The molecule has 0 saturated carbocycles. The Morgan fingerprint density at radius 1 is 1.40 bits per heavy atom. The van der Waals surface area contributed by atoms with Gasteiger partial charge in [-0.05, 0) is 27.2 Å². The maximum absolute atomic E-state index is 12.0. The van der Waals surface area contributed by atoms with Crippen molar-refractivity contribution in [1.29, 1.82) is 0 Å². The molecule has 0 spiro atoms. The van der Waals surface area contributed by atoms with Crippen molar-refractivity contribution >= 4 is 28.7 Å². The first-order valence-corrected chi connectivity index (χ1v) is 8.41. The number of ether oxygens (including phenoxy) is 3. The van der Waals surface area contributed by atoms with Gasteiger partial charge >= 0.3 is 6.09 Å². The highest BCUT2D eigenvalue weighted by atomic mass is 127. The third-order valence-corrected chi connectivity index (χ3v) is 4.62. The molecule has 3 atom stereocenters. The number of likely N-dealkylation sites (tertiary alicyclic amines) is 1. The van der Waals surface area contributed by atoms with Crippen molar-refractivity contribution in [2.45, 2.75) is 42.8 Å². The van der Waals surface area contributed by atoms with Gasteiger partial charge in [0.1, 0.15) is 5.60 Å². The molecule has 2 saturated heterocycles. The van der Waals surface area contributed by atoms with Crippen molar-refractivity contribution in [3.05, 3.63) is 0 Å². The Morgan fingerprint density at radius 3 is 2.75 bits per heavy atom. The Bertz CT molecular complexity index is 339. The van der Waals surface area contributed by atoms with Crippen LogP contribution in [-0.4, -0.2) is 59.5 Å². The van der Waals surface area contributed by atoms with Crippen LogP contribution in [0.15, 0.2) is 0 Å². The number of nitrogens with zero attached hydrogens (tertiary/aromatic N) is 1. The van der Waals surface area contributed by atoms with Crippen LogP contribution >= 0.6 is 22.6 Å². The molecule has 0 bridgehead atoms. The molecule has 2 heterocycles. The summed E-state index contributed by atoms with van der Waals surface area (Å²) in [6, 6.07) is 0. The maximum Gasteiger partial charge on any atom is 0.410 e. The Kier molecular flexibility index (Phi) is 5.53. The van der Waals surface area contributed by atoms with Crippen LogP contribution in [0.4, 0.5) is 4.79 Å². The fourth-order valence-electron chi connectivity index (χ4n) is 2.34. The molecule has 3 unspecified atom stereocenters. The third-order valence-electron chi connectivity index (χ3n) is 3.42. The summed E-state index contributed by atoms with van der Waals surface area (Å²) >= 11 is 2.36. The van der Waals surface area contributed by atoms with Gasteiger partial charge < -0.3 is 19.1 Å². The number of alkyl halides is 1. The summed E-state index contributed by atoms with van der Waals surface area (Å²) in [6.45, 7) is 9.35. The van der Waals surface area contributed by atoms with Crippen molar-refractivity contribution < 1.29 is 19.0 Å². The molecule has 2 fully saturated rings. The lowest BCUT2D eigenvalue weighted by molar-refractivity contribution is 0.0153. The molecule has 0 aromatic carbocycles. The molecule has 2 aliphatic rings. The van der Waals surface area contributed by atoms with Crippen molar-refractivity contribution in [1.82, 2.24) is 4.90 Å². The van der Waals surface area contributed by atoms with Crippen LogP contribution in [-0.2, 0) is 14.2 Å². The summed E-state index contributed by atoms with van der Waals surface area (Å²) in [7, 11) is 0. The number of hydrogen-bond donors (Lipinski definition) is 0. The molecular weight excluding hydrogens is 373 g/mol. The van der Waals surface area contributed by atoms with E-state index in [0.717, 1.165) is 26.2 Å². The second kappa shape index (κ2) is 6.79. The van der Waals surface area contributed by atoms with Crippen molar-refractivity contribution in [2.24, 2.45) is 5.92 Å². The van der Waals surface area contributed by atoms with Gasteiger partial charge in [0, 0.05) is 19.1 Å². The molecule has 116 valence electrons. The van der Waals surface area contributed by atoms with Crippen molar-refractivity contribution in [2.75, 3.05) is 32.9 Å². The molecule has 0 N–H and O–H groups in total. The highest BCUT2D eigenvalue weighted by Crippen LogP contribution is 2.24. The number of halogens is 1. The van der Waals surface area contributed by atoms with Crippen LogP contribution in [0, 0.1) is 5.92 Å². The van der Waals surface area contributed by atoms with Crippen LogP contribution in [0.1, 0.15) is 27.2 Å². The average molecular weight is 397 g/mol. The summed E-state index contributed by atoms with van der Waals surface area (Å²) < 4.78 is 17.0. The molecule has 0 aromatic rings. The predicted molar refractivity (Wildman–Crippen MR) is 84.3 cm³/mol. The van der Waals surface area contributed by atoms with Crippen LogP contribution in [0.5, 0.6) is 0 Å². The van der Waals surface area contributed by atoms with E-state index in [4.69, 9.17) is 14.2 Å². The third kappa shape index (κ3) is 4.73. The molecule has 0 aromatic heterocycles. The molecule has 0 aliphatic carbocycles. The van der Waals surface area contributed by atoms with Gasteiger partial charge in [-0.1, -0.05) is 22.6 Å². The lowest BCUT2D eigenvalue weighted by atomic mass is 10.1. The zero-order valence-electron chi connectivity index (χ0n) is 12.4. The number of carbonyl (C=O) groups is 1. The fourth-order valence-corrected chi connectivity index (χ4v) is 3.25. The lowest BCUT2D eigenvalue weighted by Crippen LogP contribution is -2.36. The highest BCUT2D eigenvalue weighted by Gasteiger charge is 2.36. The highest BCUT2D eigenvalue weighted by molar-refractivity contribution is 14.1. The van der Waals surface area contributed by atoms with Gasteiger partial charge in [-0.2, -0.15) is 0 Å². The van der Waals surface area contributed by atoms with Crippen LogP contribution in [0.2, 0.25) is 0 Å². The first-order chi connectivity index (χ1) is 9.35. The lowest BCUT2D eigenvalue weighted by Gasteiger charge is -2.24. The van der Waals surface area contributed by atoms with E-state index < -0.39 is 5.60 Å². The van der Waals surface area contributed by atoms with E-state index >= 15 is 0 Å². The van der Waals surface area contributed by atoms with E-state index in [1.807, 2.05) is 20.8 Å². The predicted octanol–water partition coefficient (Wildman–Crippen LogP) is 2.46. The molecule has 5 nitrogen and oxygen atoms in total. The van der Waals surface area contributed by atoms with E-state index in [0.29, 0.717) is 22.9 Å². The molecule has 2 rings (SSSR count). The summed E-state index contributed by atoms with van der Waals surface area (Å²) in [5.41, 5.74) is -0.446. The molecule has 1 amide bonds. The zero-order chi connectivity index (χ0) is 14.8. The first-order valence-electron chi connectivity index (χ1n) is 7.16. The normalized spacial score (nSPS) is 30.8. The van der Waals surface area contributed by atoms with E-state index in [1.54, 1.807) is 4.90 Å². The Balaban J connectivity index is 1.77. The van der Waals surface area contributed by atoms with E-state index in [2.05, 4.69) is 22.6 Å². The second-order valence-electron chi connectivity index (χ2n) is 6.50. The smallest absolute Gasteiger partial charge is 0.410 e. The number of carbonyl (C=O) groups excluding carboxylic acids is 1. The van der Waals surface area contributed by atoms with Gasteiger partial charge in [0.25, 0.3) is 0 Å². The number of hydrogen-bond acceptors (Lipinski definition) is 4. The van der Waals surface area contributed by atoms with Crippen molar-refractivity contribution in [3.63, 3.8) is 0 Å². The minimum absolute atomic E-state index is 0.101. The Hall–Kier alpha value is -0.0800. The van der Waals surface area contributed by atoms with Crippen LogP contribution in [0.25, 0.3) is 0 Å². The standard InChI is InChI=1S/C14H24INO4/c1-14(2,3)20-13(17)16-6-11(15)12(7-16)19-9-10-4-5-18-8-10/h10-12H,4-9H2,1-3H3. The van der Waals surface area contributed by atoms with E-state index in [1.165, 1.54) is 0 Å². The van der Waals surface area contributed by atoms with Gasteiger partial charge in [0.2, 0.25) is 0 Å². The van der Waals surface area contributed by atoms with Gasteiger partial charge in [0.15, 0.2) is 0 Å². The van der Waals surface area contributed by atoms with E-state index in [9.17, 15) is 4.79 Å². The van der Waals surface area contributed by atoms with Gasteiger partial charge in [-0.3, -0.25) is 0 Å². The minimum Gasteiger partial charge on any atom is -0.444 e. The topological polar surface area (TPSA) is 48.0 Å². The maximum atomic E-state index is 12.0. The quantitative estimate of drug-likeness (QED) is 0.543. The average Bonchev–Trinajstić information content (AvgIpc) is 2.93. The Morgan fingerprint density at radius 2 is 2.15 bits per heavy atom. The van der Waals surface area contributed by atoms with Crippen LogP contribution < -0.4 is 0 Å². The monoisotopic (exact) mass is 397 g/mol. The van der Waals surface area contributed by atoms with E-state index in [-0.39, 0.29) is 12.2 Å². The largest absolute Gasteiger partial charge is 0.444 e. The molecule has 20 heavy (non-hydrogen) atoms. The molecule has 0 radical (unpaired) electrons. The molecular formula is C14H24INO4. The summed E-state index contributed by atoms with van der Waals surface area (Å²) in [6.07, 6.45) is 0.937. The minimum atomic E-state index is -0.446. The summed E-state index contributed by atoms with van der Waals surface area (Å²) in [5, 5.41) is 0. The Labute approximate surface area is 134 Å². The SMILES string of the molecule is CC(C)(C)OC(=O)N1CC(I)C(OCC2CCOC2)C1. The number of amides is 1. The van der Waals surface area contributed by atoms with Gasteiger partial charge in [-0.15, -0.1) is 0 Å². The summed E-state index contributed by atoms with van der Waals surface area (Å²) in [4.78, 5) is 13.8. The van der Waals surface area contributed by atoms with Gasteiger partial charge in [-0.25, -0.2) is 4.79 Å². The zero-order valence-corrected chi connectivity index (χ0v) is 14.6. The fraction of sp³-hybridized carbons (Fsp3) is 0.929. The first kappa shape index (κ1) is 16.3. The van der Waals surface area contributed by atoms with Crippen LogP contribution in [0.3, 0.4) is 0 Å².